The molecule has 2 unspecified atom stereocenters. The molecule has 0 aliphatic carbocycles. The van der Waals surface area contributed by atoms with Crippen molar-refractivity contribution in [2.45, 2.75) is 84.8 Å². The molecule has 108 valence electrons. The molecular weight excluding hydrogens is 226 g/mol. The molecule has 0 heterocycles. The van der Waals surface area contributed by atoms with Crippen LogP contribution in [-0.2, 0) is 9.53 Å². The molecule has 18 heavy (non-hydrogen) atoms. The number of carbonyl (C=O) groups excluding carboxylic acids is 1. The monoisotopic (exact) mass is 257 g/mol. The Morgan fingerprint density at radius 1 is 1.17 bits per heavy atom. The van der Waals surface area contributed by atoms with Gasteiger partial charge in [-0.25, -0.2) is 0 Å². The van der Waals surface area contributed by atoms with Gasteiger partial charge in [0.1, 0.15) is 11.6 Å². The van der Waals surface area contributed by atoms with Gasteiger partial charge >= 0.3 is 5.97 Å². The van der Waals surface area contributed by atoms with Gasteiger partial charge < -0.3 is 10.5 Å². The summed E-state index contributed by atoms with van der Waals surface area (Å²) in [6, 6.07) is -0.490. The summed E-state index contributed by atoms with van der Waals surface area (Å²) in [5, 5.41) is 0. The Morgan fingerprint density at radius 3 is 2.22 bits per heavy atom. The Balaban J connectivity index is 3.88. The number of hydrogen-bond acceptors (Lipinski definition) is 3. The lowest BCUT2D eigenvalue weighted by Gasteiger charge is -2.25. The van der Waals surface area contributed by atoms with E-state index in [2.05, 4.69) is 6.92 Å². The van der Waals surface area contributed by atoms with E-state index in [0.29, 0.717) is 0 Å². The second-order valence-electron chi connectivity index (χ2n) is 6.24. The van der Waals surface area contributed by atoms with Crippen molar-refractivity contribution in [2.75, 3.05) is 0 Å². The Kier molecular flexibility index (Phi) is 8.25. The highest BCUT2D eigenvalue weighted by Crippen LogP contribution is 2.16. The quantitative estimate of drug-likeness (QED) is 0.533. The van der Waals surface area contributed by atoms with Crippen molar-refractivity contribution in [1.82, 2.24) is 0 Å². The topological polar surface area (TPSA) is 52.3 Å². The number of carbonyl (C=O) groups is 1. The third-order valence-corrected chi connectivity index (χ3v) is 3.06. The van der Waals surface area contributed by atoms with E-state index >= 15 is 0 Å². The van der Waals surface area contributed by atoms with Crippen LogP contribution in [0, 0.1) is 5.92 Å². The van der Waals surface area contributed by atoms with E-state index in [9.17, 15) is 4.79 Å². The molecule has 0 saturated carbocycles. The lowest BCUT2D eigenvalue weighted by molar-refractivity contribution is -0.157. The number of nitrogens with two attached hydrogens (primary N) is 1. The van der Waals surface area contributed by atoms with Crippen LogP contribution in [-0.4, -0.2) is 17.6 Å². The van der Waals surface area contributed by atoms with Crippen LogP contribution in [0.25, 0.3) is 0 Å². The van der Waals surface area contributed by atoms with Crippen LogP contribution >= 0.6 is 0 Å². The van der Waals surface area contributed by atoms with E-state index < -0.39 is 11.6 Å². The van der Waals surface area contributed by atoms with Crippen molar-refractivity contribution in [3.05, 3.63) is 0 Å². The molecule has 0 aromatic rings. The van der Waals surface area contributed by atoms with Crippen LogP contribution < -0.4 is 5.73 Å². The predicted octanol–water partition coefficient (Wildman–Crippen LogP) is 3.65. The number of hydrogen-bond donors (Lipinski definition) is 1. The van der Waals surface area contributed by atoms with Gasteiger partial charge in [0, 0.05) is 0 Å². The normalized spacial score (nSPS) is 15.2. The van der Waals surface area contributed by atoms with Gasteiger partial charge in [-0.05, 0) is 33.1 Å². The minimum atomic E-state index is -0.490. The summed E-state index contributed by atoms with van der Waals surface area (Å²) in [4.78, 5) is 11.8. The minimum absolute atomic E-state index is 0.196. The summed E-state index contributed by atoms with van der Waals surface area (Å²) in [6.07, 6.45) is 7.23. The first-order chi connectivity index (χ1) is 8.28. The molecule has 0 rings (SSSR count). The third kappa shape index (κ3) is 8.51. The van der Waals surface area contributed by atoms with Gasteiger partial charge in [0.15, 0.2) is 0 Å². The number of unbranched alkanes of at least 4 members (excludes halogenated alkanes) is 4. The van der Waals surface area contributed by atoms with E-state index in [0.717, 1.165) is 12.8 Å². The van der Waals surface area contributed by atoms with Crippen LogP contribution in [0.1, 0.15) is 73.1 Å². The summed E-state index contributed by atoms with van der Waals surface area (Å²) >= 11 is 0. The second-order valence-corrected chi connectivity index (χ2v) is 6.24. The van der Waals surface area contributed by atoms with E-state index in [1.54, 1.807) is 0 Å². The largest absolute Gasteiger partial charge is 0.459 e. The smallest absolute Gasteiger partial charge is 0.323 e. The van der Waals surface area contributed by atoms with E-state index in [1.807, 2.05) is 27.7 Å². The Morgan fingerprint density at radius 2 is 1.72 bits per heavy atom. The van der Waals surface area contributed by atoms with Crippen LogP contribution in [0.15, 0.2) is 0 Å². The first-order valence-corrected chi connectivity index (χ1v) is 7.26. The van der Waals surface area contributed by atoms with Gasteiger partial charge in [-0.1, -0.05) is 46.0 Å². The zero-order valence-electron chi connectivity index (χ0n) is 12.8. The molecular formula is C15H31NO2. The maximum absolute atomic E-state index is 11.8. The standard InChI is InChI=1S/C15H31NO2/c1-6-7-8-9-10-11-12(2)13(16)14(17)18-15(3,4)5/h12-13H,6-11,16H2,1-5H3. The van der Waals surface area contributed by atoms with Crippen molar-refractivity contribution < 1.29 is 9.53 Å². The van der Waals surface area contributed by atoms with E-state index in [4.69, 9.17) is 10.5 Å². The zero-order valence-corrected chi connectivity index (χ0v) is 12.8. The van der Waals surface area contributed by atoms with Crippen molar-refractivity contribution in [2.24, 2.45) is 11.7 Å². The lowest BCUT2D eigenvalue weighted by Crippen LogP contribution is -2.41. The van der Waals surface area contributed by atoms with Crippen molar-refractivity contribution in [3.8, 4) is 0 Å². The van der Waals surface area contributed by atoms with Crippen LogP contribution in [0.3, 0.4) is 0 Å². The Labute approximate surface area is 112 Å². The SMILES string of the molecule is CCCCCCCC(C)C(N)C(=O)OC(C)(C)C. The summed E-state index contributed by atoms with van der Waals surface area (Å²) < 4.78 is 5.30. The van der Waals surface area contributed by atoms with Gasteiger partial charge in [-0.2, -0.15) is 0 Å². The second kappa shape index (κ2) is 8.52. The maximum atomic E-state index is 11.8. The predicted molar refractivity (Wildman–Crippen MR) is 76.4 cm³/mol. The van der Waals surface area contributed by atoms with E-state index in [1.165, 1.54) is 25.7 Å². The van der Waals surface area contributed by atoms with Crippen LogP contribution in [0.4, 0.5) is 0 Å². The number of esters is 1. The molecule has 0 aliphatic rings. The Bertz CT molecular complexity index is 233. The molecule has 0 bridgehead atoms. The van der Waals surface area contributed by atoms with Crippen molar-refractivity contribution >= 4 is 5.97 Å². The fraction of sp³-hybridized carbons (Fsp3) is 0.933. The number of ether oxygens (including phenoxy) is 1. The minimum Gasteiger partial charge on any atom is -0.459 e. The highest BCUT2D eigenvalue weighted by atomic mass is 16.6. The molecule has 0 aliphatic heterocycles. The first kappa shape index (κ1) is 17.4. The fourth-order valence-electron chi connectivity index (χ4n) is 1.85. The molecule has 2 N–H and O–H groups in total. The molecule has 0 fully saturated rings. The van der Waals surface area contributed by atoms with Gasteiger partial charge in [0.25, 0.3) is 0 Å². The van der Waals surface area contributed by atoms with Gasteiger partial charge in [0.05, 0.1) is 0 Å². The highest BCUT2D eigenvalue weighted by Gasteiger charge is 2.26. The average molecular weight is 257 g/mol. The van der Waals surface area contributed by atoms with Gasteiger partial charge in [0.2, 0.25) is 0 Å². The molecule has 0 aromatic carbocycles. The summed E-state index contributed by atoms with van der Waals surface area (Å²) in [5.41, 5.74) is 5.49. The maximum Gasteiger partial charge on any atom is 0.323 e. The summed E-state index contributed by atoms with van der Waals surface area (Å²) in [5.74, 6) is -0.0787. The first-order valence-electron chi connectivity index (χ1n) is 7.26. The molecule has 0 amide bonds. The highest BCUT2D eigenvalue weighted by molar-refractivity contribution is 5.76. The Hall–Kier alpha value is -0.570. The van der Waals surface area contributed by atoms with Gasteiger partial charge in [-0.15, -0.1) is 0 Å². The van der Waals surface area contributed by atoms with Crippen molar-refractivity contribution in [1.29, 1.82) is 0 Å². The molecule has 0 saturated heterocycles. The molecule has 3 nitrogen and oxygen atoms in total. The fourth-order valence-corrected chi connectivity index (χ4v) is 1.85. The molecule has 0 spiro atoms. The number of rotatable bonds is 8. The van der Waals surface area contributed by atoms with Crippen LogP contribution in [0.5, 0.6) is 0 Å². The summed E-state index contributed by atoms with van der Waals surface area (Å²) in [6.45, 7) is 9.85. The zero-order chi connectivity index (χ0) is 14.2. The summed E-state index contributed by atoms with van der Waals surface area (Å²) in [7, 11) is 0. The lowest BCUT2D eigenvalue weighted by atomic mass is 9.95. The van der Waals surface area contributed by atoms with Gasteiger partial charge in [-0.3, -0.25) is 4.79 Å². The van der Waals surface area contributed by atoms with E-state index in [-0.39, 0.29) is 11.9 Å². The average Bonchev–Trinajstić information content (AvgIpc) is 2.25. The third-order valence-electron chi connectivity index (χ3n) is 3.06. The molecule has 0 aromatic heterocycles. The molecule has 2 atom stereocenters. The molecule has 0 radical (unpaired) electrons. The van der Waals surface area contributed by atoms with Crippen molar-refractivity contribution in [3.63, 3.8) is 0 Å². The van der Waals surface area contributed by atoms with Crippen LogP contribution in [0.2, 0.25) is 0 Å². The molecule has 3 heteroatoms.